The van der Waals surface area contributed by atoms with Crippen molar-refractivity contribution in [1.82, 2.24) is 0 Å². The summed E-state index contributed by atoms with van der Waals surface area (Å²) in [6, 6.07) is 8.46. The molecule has 0 fully saturated rings. The van der Waals surface area contributed by atoms with Crippen LogP contribution in [0.2, 0.25) is 0 Å². The summed E-state index contributed by atoms with van der Waals surface area (Å²) in [5.41, 5.74) is 1.22. The van der Waals surface area contributed by atoms with E-state index in [1.165, 1.54) is 10.6 Å². The van der Waals surface area contributed by atoms with Gasteiger partial charge in [0, 0.05) is 10.6 Å². The van der Waals surface area contributed by atoms with Crippen molar-refractivity contribution in [3.63, 3.8) is 0 Å². The molecule has 0 amide bonds. The molecular weight excluding hydrogens is 230 g/mol. The number of thioether (sulfide) groups is 1. The SMILES string of the molecule is CCSc1ccccc1NCC1CCC=CO1. The number of para-hydroxylation sites is 1. The highest BCUT2D eigenvalue weighted by Crippen LogP contribution is 2.26. The molecule has 3 heteroatoms. The van der Waals surface area contributed by atoms with E-state index in [1.807, 2.05) is 18.0 Å². The third-order valence-corrected chi connectivity index (χ3v) is 3.69. The quantitative estimate of drug-likeness (QED) is 0.800. The molecule has 2 rings (SSSR count). The van der Waals surface area contributed by atoms with Crippen LogP contribution in [0, 0.1) is 0 Å². The molecule has 0 aromatic heterocycles. The Bertz CT molecular complexity index is 378. The highest BCUT2D eigenvalue weighted by Gasteiger charge is 2.11. The molecule has 1 aromatic rings. The summed E-state index contributed by atoms with van der Waals surface area (Å²) in [5.74, 6) is 1.10. The predicted molar refractivity (Wildman–Crippen MR) is 74.6 cm³/mol. The highest BCUT2D eigenvalue weighted by molar-refractivity contribution is 7.99. The molecular formula is C14H19NOS. The first kappa shape index (κ1) is 12.4. The minimum absolute atomic E-state index is 0.305. The zero-order valence-corrected chi connectivity index (χ0v) is 11.0. The topological polar surface area (TPSA) is 21.3 Å². The van der Waals surface area contributed by atoms with Crippen LogP contribution in [0.25, 0.3) is 0 Å². The molecule has 92 valence electrons. The van der Waals surface area contributed by atoms with Gasteiger partial charge in [-0.15, -0.1) is 11.8 Å². The average Bonchev–Trinajstić information content (AvgIpc) is 2.39. The molecule has 1 aromatic carbocycles. The van der Waals surface area contributed by atoms with Gasteiger partial charge in [0.2, 0.25) is 0 Å². The molecule has 1 aliphatic rings. The lowest BCUT2D eigenvalue weighted by Crippen LogP contribution is -2.23. The van der Waals surface area contributed by atoms with E-state index in [2.05, 4.69) is 42.6 Å². The van der Waals surface area contributed by atoms with Gasteiger partial charge in [-0.25, -0.2) is 0 Å². The Labute approximate surface area is 107 Å². The van der Waals surface area contributed by atoms with Gasteiger partial charge in [0.15, 0.2) is 0 Å². The van der Waals surface area contributed by atoms with Crippen LogP contribution in [0.3, 0.4) is 0 Å². The Morgan fingerprint density at radius 3 is 3.06 bits per heavy atom. The number of ether oxygens (including phenoxy) is 1. The van der Waals surface area contributed by atoms with Crippen LogP contribution in [0.4, 0.5) is 5.69 Å². The zero-order chi connectivity index (χ0) is 11.9. The summed E-state index contributed by atoms with van der Waals surface area (Å²) in [5, 5.41) is 3.49. The molecule has 1 heterocycles. The van der Waals surface area contributed by atoms with E-state index in [9.17, 15) is 0 Å². The molecule has 1 N–H and O–H groups in total. The first-order chi connectivity index (χ1) is 8.40. The van der Waals surface area contributed by atoms with Gasteiger partial charge in [0.05, 0.1) is 12.8 Å². The number of hydrogen-bond donors (Lipinski definition) is 1. The normalized spacial score (nSPS) is 18.8. The van der Waals surface area contributed by atoms with E-state index in [0.29, 0.717) is 6.10 Å². The Balaban J connectivity index is 1.91. The third-order valence-electron chi connectivity index (χ3n) is 2.73. The van der Waals surface area contributed by atoms with Gasteiger partial charge in [-0.3, -0.25) is 0 Å². The average molecular weight is 249 g/mol. The summed E-state index contributed by atoms with van der Waals surface area (Å²) in [6.45, 7) is 3.06. The van der Waals surface area contributed by atoms with E-state index >= 15 is 0 Å². The molecule has 0 saturated heterocycles. The first-order valence-corrected chi connectivity index (χ1v) is 7.15. The number of rotatable bonds is 5. The van der Waals surface area contributed by atoms with Crippen molar-refractivity contribution >= 4 is 17.4 Å². The Kier molecular flexibility index (Phi) is 4.80. The largest absolute Gasteiger partial charge is 0.497 e. The molecule has 0 saturated carbocycles. The minimum atomic E-state index is 0.305. The molecule has 2 nitrogen and oxygen atoms in total. The first-order valence-electron chi connectivity index (χ1n) is 6.16. The number of nitrogens with one attached hydrogen (secondary N) is 1. The standard InChI is InChI=1S/C14H19NOS/c1-2-17-14-9-4-3-8-13(14)15-11-12-7-5-6-10-16-12/h3-4,6,8-10,12,15H,2,5,7,11H2,1H3. The molecule has 1 unspecified atom stereocenters. The predicted octanol–water partition coefficient (Wildman–Crippen LogP) is 3.90. The van der Waals surface area contributed by atoms with Crippen LogP contribution < -0.4 is 5.32 Å². The van der Waals surface area contributed by atoms with Crippen molar-refractivity contribution < 1.29 is 4.74 Å². The van der Waals surface area contributed by atoms with Crippen molar-refractivity contribution in [1.29, 1.82) is 0 Å². The Morgan fingerprint density at radius 1 is 1.41 bits per heavy atom. The summed E-state index contributed by atoms with van der Waals surface area (Å²) in [6.07, 6.45) is 6.43. The van der Waals surface area contributed by atoms with Gasteiger partial charge < -0.3 is 10.1 Å². The van der Waals surface area contributed by atoms with Crippen LogP contribution in [0.15, 0.2) is 41.5 Å². The second-order valence-electron chi connectivity index (χ2n) is 4.02. The maximum atomic E-state index is 5.55. The van der Waals surface area contributed by atoms with Crippen molar-refractivity contribution in [3.05, 3.63) is 36.6 Å². The zero-order valence-electron chi connectivity index (χ0n) is 10.2. The maximum absolute atomic E-state index is 5.55. The van der Waals surface area contributed by atoms with Crippen molar-refractivity contribution in [2.45, 2.75) is 30.8 Å². The molecule has 0 bridgehead atoms. The fraction of sp³-hybridized carbons (Fsp3) is 0.429. The second-order valence-corrected chi connectivity index (χ2v) is 5.32. The monoisotopic (exact) mass is 249 g/mol. The van der Waals surface area contributed by atoms with Gasteiger partial charge in [-0.1, -0.05) is 19.1 Å². The minimum Gasteiger partial charge on any atom is -0.497 e. The highest BCUT2D eigenvalue weighted by atomic mass is 32.2. The van der Waals surface area contributed by atoms with E-state index in [0.717, 1.165) is 25.1 Å². The third kappa shape index (κ3) is 3.70. The fourth-order valence-electron chi connectivity index (χ4n) is 1.85. The maximum Gasteiger partial charge on any atom is 0.115 e. The number of benzene rings is 1. The Morgan fingerprint density at radius 2 is 2.29 bits per heavy atom. The van der Waals surface area contributed by atoms with Gasteiger partial charge in [-0.2, -0.15) is 0 Å². The summed E-state index contributed by atoms with van der Waals surface area (Å²) >= 11 is 1.87. The molecule has 0 radical (unpaired) electrons. The molecule has 17 heavy (non-hydrogen) atoms. The molecule has 0 spiro atoms. The van der Waals surface area contributed by atoms with Crippen LogP contribution in [-0.2, 0) is 4.74 Å². The van der Waals surface area contributed by atoms with Crippen LogP contribution in [0.5, 0.6) is 0 Å². The van der Waals surface area contributed by atoms with Crippen molar-refractivity contribution in [3.8, 4) is 0 Å². The number of anilines is 1. The van der Waals surface area contributed by atoms with Gasteiger partial charge in [0.1, 0.15) is 6.10 Å². The summed E-state index contributed by atoms with van der Waals surface area (Å²) in [7, 11) is 0. The van der Waals surface area contributed by atoms with Crippen molar-refractivity contribution in [2.75, 3.05) is 17.6 Å². The fourth-order valence-corrected chi connectivity index (χ4v) is 2.63. The van der Waals surface area contributed by atoms with Crippen LogP contribution in [-0.4, -0.2) is 18.4 Å². The molecule has 1 aliphatic heterocycles. The van der Waals surface area contributed by atoms with Crippen molar-refractivity contribution in [2.24, 2.45) is 0 Å². The van der Waals surface area contributed by atoms with E-state index in [4.69, 9.17) is 4.74 Å². The second kappa shape index (κ2) is 6.60. The number of allylic oxidation sites excluding steroid dienone is 1. The van der Waals surface area contributed by atoms with Gasteiger partial charge >= 0.3 is 0 Å². The lowest BCUT2D eigenvalue weighted by Gasteiger charge is -2.21. The summed E-state index contributed by atoms with van der Waals surface area (Å²) in [4.78, 5) is 1.32. The van der Waals surface area contributed by atoms with Crippen LogP contribution >= 0.6 is 11.8 Å². The van der Waals surface area contributed by atoms with Crippen LogP contribution in [0.1, 0.15) is 19.8 Å². The van der Waals surface area contributed by atoms with E-state index < -0.39 is 0 Å². The lowest BCUT2D eigenvalue weighted by atomic mass is 10.1. The van der Waals surface area contributed by atoms with Gasteiger partial charge in [0.25, 0.3) is 0 Å². The van der Waals surface area contributed by atoms with E-state index in [1.54, 1.807) is 0 Å². The summed E-state index contributed by atoms with van der Waals surface area (Å²) < 4.78 is 5.55. The van der Waals surface area contributed by atoms with E-state index in [-0.39, 0.29) is 0 Å². The smallest absolute Gasteiger partial charge is 0.115 e. The Hall–Kier alpha value is -1.09. The number of hydrogen-bond acceptors (Lipinski definition) is 3. The molecule has 0 aliphatic carbocycles. The van der Waals surface area contributed by atoms with Gasteiger partial charge in [-0.05, 0) is 36.8 Å². The molecule has 1 atom stereocenters. The lowest BCUT2D eigenvalue weighted by molar-refractivity contribution is 0.135.